The van der Waals surface area contributed by atoms with E-state index < -0.39 is 5.54 Å². The van der Waals surface area contributed by atoms with Gasteiger partial charge in [0, 0.05) is 24.0 Å². The number of nitrogens with one attached hydrogen (secondary N) is 1. The van der Waals surface area contributed by atoms with Gasteiger partial charge in [-0.3, -0.25) is 4.79 Å². The molecule has 5 heteroatoms. The van der Waals surface area contributed by atoms with E-state index >= 15 is 0 Å². The number of hydrogen-bond donors (Lipinski definition) is 2. The maximum atomic E-state index is 12.1. The number of aromatic nitrogens is 1. The summed E-state index contributed by atoms with van der Waals surface area (Å²) < 4.78 is 0. The Bertz CT molecular complexity index is 552. The second-order valence-electron chi connectivity index (χ2n) is 5.23. The van der Waals surface area contributed by atoms with Crippen LogP contribution in [0.25, 0.3) is 0 Å². The number of rotatable bonds is 5. The number of carbonyl (C=O) groups is 1. The fourth-order valence-corrected chi connectivity index (χ4v) is 2.72. The van der Waals surface area contributed by atoms with E-state index in [1.165, 1.54) is 11.3 Å². The van der Waals surface area contributed by atoms with Gasteiger partial charge in [-0.1, -0.05) is 30.3 Å². The summed E-state index contributed by atoms with van der Waals surface area (Å²) >= 11 is 1.53. The van der Waals surface area contributed by atoms with Crippen molar-refractivity contribution in [2.24, 2.45) is 5.73 Å². The van der Waals surface area contributed by atoms with Gasteiger partial charge in [-0.05, 0) is 19.4 Å². The lowest BCUT2D eigenvalue weighted by Crippen LogP contribution is -2.41. The van der Waals surface area contributed by atoms with Gasteiger partial charge < -0.3 is 11.1 Å². The summed E-state index contributed by atoms with van der Waals surface area (Å²) in [5.41, 5.74) is 6.56. The quantitative estimate of drug-likeness (QED) is 0.889. The van der Waals surface area contributed by atoms with E-state index in [2.05, 4.69) is 10.3 Å². The molecule has 0 fully saturated rings. The number of nitrogens with two attached hydrogens (primary N) is 1. The van der Waals surface area contributed by atoms with Gasteiger partial charge in [0.25, 0.3) is 0 Å². The minimum atomic E-state index is -0.471. The van der Waals surface area contributed by atoms with Crippen molar-refractivity contribution in [2.45, 2.75) is 31.8 Å². The SMILES string of the molecule is CC(C)(NC(=O)CC(N)c1ccccc1)c1nccs1. The first-order valence-electron chi connectivity index (χ1n) is 6.50. The number of nitrogens with zero attached hydrogens (tertiary/aromatic N) is 1. The Labute approximate surface area is 123 Å². The fraction of sp³-hybridized carbons (Fsp3) is 0.333. The summed E-state index contributed by atoms with van der Waals surface area (Å²) in [6.45, 7) is 3.88. The Morgan fingerprint density at radius 2 is 2.10 bits per heavy atom. The zero-order chi connectivity index (χ0) is 14.6. The lowest BCUT2D eigenvalue weighted by molar-refractivity contribution is -0.123. The molecular weight excluding hydrogens is 270 g/mol. The van der Waals surface area contributed by atoms with Crippen LogP contribution >= 0.6 is 11.3 Å². The highest BCUT2D eigenvalue weighted by molar-refractivity contribution is 7.09. The molecular formula is C15H19N3OS. The second-order valence-corrected chi connectivity index (χ2v) is 6.13. The van der Waals surface area contributed by atoms with Gasteiger partial charge >= 0.3 is 0 Å². The third-order valence-electron chi connectivity index (χ3n) is 3.05. The molecule has 2 aromatic rings. The molecule has 0 radical (unpaired) electrons. The molecule has 1 heterocycles. The van der Waals surface area contributed by atoms with Crippen LogP contribution in [0.3, 0.4) is 0 Å². The minimum Gasteiger partial charge on any atom is -0.345 e. The van der Waals surface area contributed by atoms with Crippen LogP contribution in [0.2, 0.25) is 0 Å². The smallest absolute Gasteiger partial charge is 0.222 e. The van der Waals surface area contributed by atoms with Crippen molar-refractivity contribution in [1.29, 1.82) is 0 Å². The first-order valence-corrected chi connectivity index (χ1v) is 7.38. The van der Waals surface area contributed by atoms with E-state index in [1.807, 2.05) is 49.6 Å². The highest BCUT2D eigenvalue weighted by atomic mass is 32.1. The Morgan fingerprint density at radius 1 is 1.40 bits per heavy atom. The highest BCUT2D eigenvalue weighted by Crippen LogP contribution is 2.23. The molecule has 1 unspecified atom stereocenters. The Hall–Kier alpha value is -1.72. The fourth-order valence-electron chi connectivity index (χ4n) is 2.00. The molecule has 1 atom stereocenters. The summed E-state index contributed by atoms with van der Waals surface area (Å²) in [6.07, 6.45) is 2.00. The molecule has 0 aliphatic carbocycles. The van der Waals surface area contributed by atoms with E-state index in [0.29, 0.717) is 0 Å². The van der Waals surface area contributed by atoms with Crippen molar-refractivity contribution in [3.8, 4) is 0 Å². The number of amides is 1. The monoisotopic (exact) mass is 289 g/mol. The average Bonchev–Trinajstić information content (AvgIpc) is 2.93. The first-order chi connectivity index (χ1) is 9.49. The lowest BCUT2D eigenvalue weighted by Gasteiger charge is -2.24. The molecule has 0 saturated heterocycles. The van der Waals surface area contributed by atoms with Gasteiger partial charge in [0.05, 0.1) is 5.54 Å². The van der Waals surface area contributed by atoms with E-state index in [0.717, 1.165) is 10.6 Å². The number of benzene rings is 1. The van der Waals surface area contributed by atoms with Gasteiger partial charge in [0.15, 0.2) is 0 Å². The summed E-state index contributed by atoms with van der Waals surface area (Å²) in [5.74, 6) is -0.0680. The van der Waals surface area contributed by atoms with Gasteiger partial charge in [0.2, 0.25) is 5.91 Å². The molecule has 0 aliphatic rings. The minimum absolute atomic E-state index is 0.0680. The number of hydrogen-bond acceptors (Lipinski definition) is 4. The lowest BCUT2D eigenvalue weighted by atomic mass is 10.0. The van der Waals surface area contributed by atoms with Crippen molar-refractivity contribution in [3.63, 3.8) is 0 Å². The molecule has 20 heavy (non-hydrogen) atoms. The van der Waals surface area contributed by atoms with Crippen molar-refractivity contribution < 1.29 is 4.79 Å². The van der Waals surface area contributed by atoms with Crippen LogP contribution in [-0.2, 0) is 10.3 Å². The summed E-state index contributed by atoms with van der Waals surface area (Å²) in [6, 6.07) is 9.36. The van der Waals surface area contributed by atoms with Gasteiger partial charge in [-0.25, -0.2) is 4.98 Å². The summed E-state index contributed by atoms with van der Waals surface area (Å²) in [4.78, 5) is 16.4. The molecule has 1 amide bonds. The molecule has 1 aromatic heterocycles. The van der Waals surface area contributed by atoms with Gasteiger partial charge in [-0.15, -0.1) is 11.3 Å². The third-order valence-corrected chi connectivity index (χ3v) is 4.15. The zero-order valence-corrected chi connectivity index (χ0v) is 12.5. The average molecular weight is 289 g/mol. The number of thiazole rings is 1. The molecule has 0 bridgehead atoms. The van der Waals surface area contributed by atoms with Crippen LogP contribution in [-0.4, -0.2) is 10.9 Å². The molecule has 0 spiro atoms. The Morgan fingerprint density at radius 3 is 2.70 bits per heavy atom. The van der Waals surface area contributed by atoms with Crippen LogP contribution in [0, 0.1) is 0 Å². The molecule has 0 aliphatic heterocycles. The van der Waals surface area contributed by atoms with Crippen molar-refractivity contribution in [1.82, 2.24) is 10.3 Å². The normalized spacial score (nSPS) is 12.9. The predicted molar refractivity (Wildman–Crippen MR) is 81.3 cm³/mol. The molecule has 0 saturated carbocycles. The second kappa shape index (κ2) is 6.15. The van der Waals surface area contributed by atoms with Crippen LogP contribution in [0.1, 0.15) is 36.9 Å². The topological polar surface area (TPSA) is 68.0 Å². The Balaban J connectivity index is 1.96. The van der Waals surface area contributed by atoms with Crippen LogP contribution in [0.5, 0.6) is 0 Å². The molecule has 3 N–H and O–H groups in total. The molecule has 106 valence electrons. The van der Waals surface area contributed by atoms with Crippen LogP contribution in [0.15, 0.2) is 41.9 Å². The van der Waals surface area contributed by atoms with E-state index in [4.69, 9.17) is 5.73 Å². The summed E-state index contributed by atoms with van der Waals surface area (Å²) in [7, 11) is 0. The predicted octanol–water partition coefficient (Wildman–Crippen LogP) is 2.58. The van der Waals surface area contributed by atoms with Gasteiger partial charge in [-0.2, -0.15) is 0 Å². The molecule has 4 nitrogen and oxygen atoms in total. The summed E-state index contributed by atoms with van der Waals surface area (Å²) in [5, 5.41) is 5.78. The van der Waals surface area contributed by atoms with E-state index in [1.54, 1.807) is 6.20 Å². The van der Waals surface area contributed by atoms with Crippen molar-refractivity contribution >= 4 is 17.2 Å². The van der Waals surface area contributed by atoms with E-state index in [-0.39, 0.29) is 18.4 Å². The Kier molecular flexibility index (Phi) is 4.52. The third kappa shape index (κ3) is 3.65. The van der Waals surface area contributed by atoms with Gasteiger partial charge in [0.1, 0.15) is 5.01 Å². The first kappa shape index (κ1) is 14.7. The maximum Gasteiger partial charge on any atom is 0.222 e. The maximum absolute atomic E-state index is 12.1. The molecule has 1 aromatic carbocycles. The zero-order valence-electron chi connectivity index (χ0n) is 11.7. The largest absolute Gasteiger partial charge is 0.345 e. The van der Waals surface area contributed by atoms with Crippen LogP contribution in [0.4, 0.5) is 0 Å². The standard InChI is InChI=1S/C15H19N3OS/c1-15(2,14-17-8-9-20-14)18-13(19)10-12(16)11-6-4-3-5-7-11/h3-9,12H,10,16H2,1-2H3,(H,18,19). The van der Waals surface area contributed by atoms with E-state index in [9.17, 15) is 4.79 Å². The number of carbonyl (C=O) groups excluding carboxylic acids is 1. The molecule has 2 rings (SSSR count). The van der Waals surface area contributed by atoms with Crippen LogP contribution < -0.4 is 11.1 Å². The van der Waals surface area contributed by atoms with Crippen molar-refractivity contribution in [3.05, 3.63) is 52.5 Å². The van der Waals surface area contributed by atoms with Crippen molar-refractivity contribution in [2.75, 3.05) is 0 Å². The highest BCUT2D eigenvalue weighted by Gasteiger charge is 2.26.